The lowest BCUT2D eigenvalue weighted by atomic mass is 9.76. The summed E-state index contributed by atoms with van der Waals surface area (Å²) in [5.74, 6) is 1.24. The van der Waals surface area contributed by atoms with Gasteiger partial charge in [-0.3, -0.25) is 4.79 Å². The molecule has 0 radical (unpaired) electrons. The Kier molecular flexibility index (Phi) is 5.34. The van der Waals surface area contributed by atoms with Gasteiger partial charge in [0.1, 0.15) is 11.4 Å². The van der Waals surface area contributed by atoms with Crippen LogP contribution in [0.4, 0.5) is 4.79 Å². The zero-order valence-electron chi connectivity index (χ0n) is 17.7. The number of hydrogen-bond acceptors (Lipinski definition) is 3. The molecule has 2 aliphatic heterocycles. The highest BCUT2D eigenvalue weighted by molar-refractivity contribution is 5.78. The van der Waals surface area contributed by atoms with Gasteiger partial charge in [0.2, 0.25) is 5.91 Å². The highest BCUT2D eigenvalue weighted by atomic mass is 16.5. The largest absolute Gasteiger partial charge is 0.487 e. The van der Waals surface area contributed by atoms with E-state index in [1.165, 1.54) is 12.8 Å². The van der Waals surface area contributed by atoms with E-state index >= 15 is 0 Å². The van der Waals surface area contributed by atoms with Crippen LogP contribution in [-0.4, -0.2) is 47.6 Å². The Morgan fingerprint density at radius 1 is 1.00 bits per heavy atom. The number of benzene rings is 1. The molecule has 2 saturated carbocycles. The third-order valence-corrected chi connectivity index (χ3v) is 7.32. The predicted molar refractivity (Wildman–Crippen MR) is 115 cm³/mol. The van der Waals surface area contributed by atoms with Gasteiger partial charge in [-0.1, -0.05) is 31.0 Å². The van der Waals surface area contributed by atoms with E-state index < -0.39 is 0 Å². The van der Waals surface area contributed by atoms with E-state index in [1.807, 2.05) is 23.1 Å². The molecule has 0 unspecified atom stereocenters. The van der Waals surface area contributed by atoms with E-state index in [4.69, 9.17) is 4.74 Å². The second-order valence-electron chi connectivity index (χ2n) is 9.69. The summed E-state index contributed by atoms with van der Waals surface area (Å²) in [6.07, 6.45) is 9.87. The van der Waals surface area contributed by atoms with Crippen LogP contribution in [0.3, 0.4) is 0 Å². The van der Waals surface area contributed by atoms with E-state index in [1.54, 1.807) is 0 Å². The highest BCUT2D eigenvalue weighted by Crippen LogP contribution is 2.46. The van der Waals surface area contributed by atoms with Crippen molar-refractivity contribution in [3.8, 4) is 5.75 Å². The number of piperidine rings is 1. The molecule has 5 rings (SSSR count). The molecule has 6 heteroatoms. The Labute approximate surface area is 178 Å². The maximum Gasteiger partial charge on any atom is 0.317 e. The van der Waals surface area contributed by atoms with Crippen molar-refractivity contribution >= 4 is 11.9 Å². The number of carbonyl (C=O) groups is 2. The zero-order chi connectivity index (χ0) is 20.6. The van der Waals surface area contributed by atoms with E-state index in [2.05, 4.69) is 16.7 Å². The maximum atomic E-state index is 12.7. The van der Waals surface area contributed by atoms with E-state index in [0.29, 0.717) is 31.6 Å². The molecule has 1 spiro atoms. The van der Waals surface area contributed by atoms with Gasteiger partial charge in [-0.05, 0) is 43.7 Å². The lowest BCUT2D eigenvalue weighted by Crippen LogP contribution is -2.54. The van der Waals surface area contributed by atoms with Crippen molar-refractivity contribution in [3.05, 3.63) is 29.8 Å². The Bertz CT molecular complexity index is 793. The van der Waals surface area contributed by atoms with Crippen molar-refractivity contribution in [3.63, 3.8) is 0 Å². The first-order chi connectivity index (χ1) is 14.6. The van der Waals surface area contributed by atoms with Gasteiger partial charge in [0.25, 0.3) is 0 Å². The van der Waals surface area contributed by atoms with Crippen molar-refractivity contribution in [1.29, 1.82) is 0 Å². The summed E-state index contributed by atoms with van der Waals surface area (Å²) in [6.45, 7) is 1.42. The summed E-state index contributed by atoms with van der Waals surface area (Å²) in [4.78, 5) is 27.1. The number of ether oxygens (including phenoxy) is 1. The SMILES string of the molecule is O=C(C[C@@H]1CC2(CCN(C(=O)NC3CCCC3)CC2)Oc2ccccc21)NC1CC1. The number of para-hydroxylation sites is 1. The molecule has 0 bridgehead atoms. The Morgan fingerprint density at radius 3 is 2.43 bits per heavy atom. The van der Waals surface area contributed by atoms with Gasteiger partial charge in [0.15, 0.2) is 0 Å². The minimum Gasteiger partial charge on any atom is -0.487 e. The minimum atomic E-state index is -0.275. The standard InChI is InChI=1S/C24H33N3O3/c28-22(25-19-9-10-19)15-17-16-24(30-21-8-4-3-7-20(17)21)11-13-27(14-12-24)23(29)26-18-5-1-2-6-18/h3-4,7-8,17-19H,1-2,5-6,9-16H2,(H,25,28)(H,26,29)/t17-/m1/s1. The maximum absolute atomic E-state index is 12.7. The highest BCUT2D eigenvalue weighted by Gasteiger charge is 2.44. The molecule has 2 heterocycles. The summed E-state index contributed by atoms with van der Waals surface area (Å²) in [5.41, 5.74) is 0.874. The fourth-order valence-electron chi connectivity index (χ4n) is 5.42. The number of carbonyl (C=O) groups excluding carboxylic acids is 2. The third kappa shape index (κ3) is 4.28. The van der Waals surface area contributed by atoms with Crippen LogP contribution in [0.15, 0.2) is 24.3 Å². The first-order valence-electron chi connectivity index (χ1n) is 11.7. The van der Waals surface area contributed by atoms with Crippen LogP contribution in [0.2, 0.25) is 0 Å². The molecule has 6 nitrogen and oxygen atoms in total. The number of urea groups is 1. The number of nitrogens with one attached hydrogen (secondary N) is 2. The molecule has 30 heavy (non-hydrogen) atoms. The fourth-order valence-corrected chi connectivity index (χ4v) is 5.42. The van der Waals surface area contributed by atoms with Crippen molar-refractivity contribution in [1.82, 2.24) is 15.5 Å². The average Bonchev–Trinajstić information content (AvgIpc) is 3.40. The van der Waals surface area contributed by atoms with Gasteiger partial charge in [0, 0.05) is 50.4 Å². The molecule has 1 atom stereocenters. The number of rotatable bonds is 4. The zero-order valence-corrected chi connectivity index (χ0v) is 17.7. The third-order valence-electron chi connectivity index (χ3n) is 7.32. The second kappa shape index (κ2) is 8.12. The van der Waals surface area contributed by atoms with E-state index in [9.17, 15) is 9.59 Å². The predicted octanol–water partition coefficient (Wildman–Crippen LogP) is 3.71. The van der Waals surface area contributed by atoms with Gasteiger partial charge >= 0.3 is 6.03 Å². The Hall–Kier alpha value is -2.24. The number of hydrogen-bond donors (Lipinski definition) is 2. The first-order valence-corrected chi connectivity index (χ1v) is 11.7. The van der Waals surface area contributed by atoms with Crippen molar-refractivity contribution in [2.24, 2.45) is 0 Å². The molecular formula is C24H33N3O3. The van der Waals surface area contributed by atoms with Crippen molar-refractivity contribution < 1.29 is 14.3 Å². The van der Waals surface area contributed by atoms with Gasteiger partial charge in [-0.15, -0.1) is 0 Å². The average molecular weight is 412 g/mol. The van der Waals surface area contributed by atoms with Crippen molar-refractivity contribution in [2.45, 2.75) is 87.8 Å². The number of nitrogens with zero attached hydrogens (tertiary/aromatic N) is 1. The Morgan fingerprint density at radius 2 is 1.70 bits per heavy atom. The molecule has 3 fully saturated rings. The molecule has 162 valence electrons. The van der Waals surface area contributed by atoms with E-state index in [0.717, 1.165) is 56.3 Å². The van der Waals surface area contributed by atoms with Crippen LogP contribution >= 0.6 is 0 Å². The molecular weight excluding hydrogens is 378 g/mol. The number of amides is 3. The fraction of sp³-hybridized carbons (Fsp3) is 0.667. The smallest absolute Gasteiger partial charge is 0.317 e. The number of fused-ring (bicyclic) bond motifs is 1. The monoisotopic (exact) mass is 411 g/mol. The molecule has 3 amide bonds. The quantitative estimate of drug-likeness (QED) is 0.794. The summed E-state index contributed by atoms with van der Waals surface area (Å²) in [5, 5.41) is 6.35. The molecule has 1 saturated heterocycles. The second-order valence-corrected chi connectivity index (χ2v) is 9.69. The van der Waals surface area contributed by atoms with Gasteiger partial charge < -0.3 is 20.3 Å². The first kappa shape index (κ1) is 19.7. The normalized spacial score (nSPS) is 25.5. The molecule has 4 aliphatic rings. The summed E-state index contributed by atoms with van der Waals surface area (Å²) >= 11 is 0. The number of likely N-dealkylation sites (tertiary alicyclic amines) is 1. The van der Waals surface area contributed by atoms with Crippen LogP contribution in [0.25, 0.3) is 0 Å². The van der Waals surface area contributed by atoms with Crippen LogP contribution in [0.1, 0.15) is 75.7 Å². The molecule has 0 aromatic heterocycles. The lowest BCUT2D eigenvalue weighted by molar-refractivity contribution is -0.122. The summed E-state index contributed by atoms with van der Waals surface area (Å²) < 4.78 is 6.54. The molecule has 1 aromatic carbocycles. The molecule has 2 aliphatic carbocycles. The lowest BCUT2D eigenvalue weighted by Gasteiger charge is -2.47. The van der Waals surface area contributed by atoms with Gasteiger partial charge in [-0.2, -0.15) is 0 Å². The summed E-state index contributed by atoms with van der Waals surface area (Å²) in [7, 11) is 0. The molecule has 1 aromatic rings. The molecule has 2 N–H and O–H groups in total. The van der Waals surface area contributed by atoms with Crippen molar-refractivity contribution in [2.75, 3.05) is 13.1 Å². The van der Waals surface area contributed by atoms with Crippen LogP contribution < -0.4 is 15.4 Å². The topological polar surface area (TPSA) is 70.7 Å². The van der Waals surface area contributed by atoms with Gasteiger partial charge in [0.05, 0.1) is 0 Å². The van der Waals surface area contributed by atoms with Crippen LogP contribution in [-0.2, 0) is 4.79 Å². The Balaban J connectivity index is 1.24. The summed E-state index contributed by atoms with van der Waals surface area (Å²) in [6, 6.07) is 8.98. The minimum absolute atomic E-state index is 0.0771. The van der Waals surface area contributed by atoms with E-state index in [-0.39, 0.29) is 23.5 Å². The van der Waals surface area contributed by atoms with Crippen LogP contribution in [0, 0.1) is 0 Å². The van der Waals surface area contributed by atoms with Gasteiger partial charge in [-0.25, -0.2) is 4.79 Å². The van der Waals surface area contributed by atoms with Crippen LogP contribution in [0.5, 0.6) is 5.75 Å².